The Hall–Kier alpha value is -1.79. The number of likely N-dealkylation sites (N-methyl/N-ethyl adjacent to an activating group) is 1. The molecule has 0 heterocycles. The molecule has 0 aromatic heterocycles. The number of hydrogen-bond donors (Lipinski definition) is 2. The van der Waals surface area contributed by atoms with Crippen molar-refractivity contribution in [3.63, 3.8) is 0 Å². The van der Waals surface area contributed by atoms with Gasteiger partial charge in [-0.2, -0.15) is 0 Å². The summed E-state index contributed by atoms with van der Waals surface area (Å²) in [5, 5.41) is 0. The first-order chi connectivity index (χ1) is 9.45. The molecule has 2 amide bonds. The van der Waals surface area contributed by atoms with Crippen LogP contribution in [0.15, 0.2) is 24.3 Å². The minimum Gasteiger partial charge on any atom is -0.493 e. The van der Waals surface area contributed by atoms with Gasteiger partial charge in [-0.25, -0.2) is 0 Å². The normalized spacial score (nSPS) is 11.2. The Kier molecular flexibility index (Phi) is 8.42. The number of carbonyl (C=O) groups is 2. The molecule has 1 aromatic rings. The molecule has 118 valence electrons. The molecule has 0 spiro atoms. The third-order valence-electron chi connectivity index (χ3n) is 3.12. The number of carbonyl (C=O) groups excluding carboxylic acids is 2. The smallest absolute Gasteiger partial charge is 0.248 e. The van der Waals surface area contributed by atoms with Crippen molar-refractivity contribution in [2.24, 2.45) is 11.5 Å². The minimum absolute atomic E-state index is 0. The number of amides is 2. The van der Waals surface area contributed by atoms with E-state index in [0.29, 0.717) is 17.9 Å². The molecule has 21 heavy (non-hydrogen) atoms. The number of benzene rings is 1. The third-order valence-corrected chi connectivity index (χ3v) is 3.12. The largest absolute Gasteiger partial charge is 0.493 e. The number of ether oxygens (including phenoxy) is 1. The van der Waals surface area contributed by atoms with Crippen LogP contribution in [0.2, 0.25) is 0 Å². The standard InChI is InChI=1S/C14H21N3O3.ClH/c1-10(9-15)17(2)13(18)7-8-20-12-5-3-11(4-6-12)14(16)19;/h3-6,10H,7-9,15H2,1-2H3,(H2,16,19);1H. The highest BCUT2D eigenvalue weighted by atomic mass is 35.5. The van der Waals surface area contributed by atoms with Crippen molar-refractivity contribution in [3.05, 3.63) is 29.8 Å². The Balaban J connectivity index is 0.00000400. The highest BCUT2D eigenvalue weighted by Gasteiger charge is 2.14. The Morgan fingerprint density at radius 2 is 1.86 bits per heavy atom. The molecule has 1 rings (SSSR count). The van der Waals surface area contributed by atoms with Crippen molar-refractivity contribution in [2.45, 2.75) is 19.4 Å². The van der Waals surface area contributed by atoms with Crippen molar-refractivity contribution < 1.29 is 14.3 Å². The molecule has 0 fully saturated rings. The van der Waals surface area contributed by atoms with Crippen LogP contribution in [0.3, 0.4) is 0 Å². The number of halogens is 1. The second kappa shape index (κ2) is 9.20. The van der Waals surface area contributed by atoms with Gasteiger partial charge in [0, 0.05) is 25.2 Å². The van der Waals surface area contributed by atoms with Crippen LogP contribution in [-0.2, 0) is 4.79 Å². The van der Waals surface area contributed by atoms with Gasteiger partial charge in [-0.15, -0.1) is 12.4 Å². The van der Waals surface area contributed by atoms with Crippen LogP contribution >= 0.6 is 12.4 Å². The highest BCUT2D eigenvalue weighted by Crippen LogP contribution is 2.12. The second-order valence-corrected chi connectivity index (χ2v) is 4.58. The van der Waals surface area contributed by atoms with Crippen LogP contribution in [0.4, 0.5) is 0 Å². The lowest BCUT2D eigenvalue weighted by Crippen LogP contribution is -2.40. The summed E-state index contributed by atoms with van der Waals surface area (Å²) in [6.45, 7) is 2.59. The summed E-state index contributed by atoms with van der Waals surface area (Å²) in [5.74, 6) is 0.0955. The van der Waals surface area contributed by atoms with E-state index in [4.69, 9.17) is 16.2 Å². The molecule has 6 nitrogen and oxygen atoms in total. The number of hydrogen-bond acceptors (Lipinski definition) is 4. The monoisotopic (exact) mass is 315 g/mol. The van der Waals surface area contributed by atoms with E-state index in [1.807, 2.05) is 6.92 Å². The maximum absolute atomic E-state index is 11.8. The second-order valence-electron chi connectivity index (χ2n) is 4.58. The molecule has 7 heteroatoms. The van der Waals surface area contributed by atoms with E-state index in [1.165, 1.54) is 0 Å². The molecular formula is C14H22ClN3O3. The maximum atomic E-state index is 11.8. The summed E-state index contributed by atoms with van der Waals surface area (Å²) in [7, 11) is 1.72. The first kappa shape index (κ1) is 19.2. The molecule has 4 N–H and O–H groups in total. The van der Waals surface area contributed by atoms with E-state index in [9.17, 15) is 9.59 Å². The first-order valence-corrected chi connectivity index (χ1v) is 6.44. The summed E-state index contributed by atoms with van der Waals surface area (Å²) in [6.07, 6.45) is 0.276. The minimum atomic E-state index is -0.482. The summed E-state index contributed by atoms with van der Waals surface area (Å²) in [5.41, 5.74) is 11.1. The fraction of sp³-hybridized carbons (Fsp3) is 0.429. The number of rotatable bonds is 7. The van der Waals surface area contributed by atoms with Crippen LogP contribution in [-0.4, -0.2) is 43.0 Å². The van der Waals surface area contributed by atoms with E-state index >= 15 is 0 Å². The zero-order valence-electron chi connectivity index (χ0n) is 12.2. The van der Waals surface area contributed by atoms with Crippen molar-refractivity contribution in [2.75, 3.05) is 20.2 Å². The van der Waals surface area contributed by atoms with Gasteiger partial charge >= 0.3 is 0 Å². The Bertz CT molecular complexity index is 465. The topological polar surface area (TPSA) is 98.7 Å². The molecule has 0 aliphatic carbocycles. The molecule has 0 aliphatic rings. The van der Waals surface area contributed by atoms with Crippen LogP contribution in [0.25, 0.3) is 0 Å². The average molecular weight is 316 g/mol. The molecule has 0 radical (unpaired) electrons. The van der Waals surface area contributed by atoms with Crippen molar-refractivity contribution in [1.82, 2.24) is 4.90 Å². The Labute approximate surface area is 130 Å². The number of nitrogens with zero attached hydrogens (tertiary/aromatic N) is 1. The van der Waals surface area contributed by atoms with E-state index in [-0.39, 0.29) is 37.4 Å². The Morgan fingerprint density at radius 3 is 2.33 bits per heavy atom. The average Bonchev–Trinajstić information content (AvgIpc) is 2.45. The highest BCUT2D eigenvalue weighted by molar-refractivity contribution is 5.92. The number of nitrogens with two attached hydrogens (primary N) is 2. The fourth-order valence-corrected chi connectivity index (χ4v) is 1.55. The third kappa shape index (κ3) is 6.01. The fourth-order valence-electron chi connectivity index (χ4n) is 1.55. The number of primary amides is 1. The summed E-state index contributed by atoms with van der Waals surface area (Å²) in [4.78, 5) is 24.3. The molecule has 1 atom stereocenters. The van der Waals surface area contributed by atoms with Crippen molar-refractivity contribution in [1.29, 1.82) is 0 Å². The van der Waals surface area contributed by atoms with E-state index in [2.05, 4.69) is 0 Å². The summed E-state index contributed by atoms with van der Waals surface area (Å²) < 4.78 is 5.44. The first-order valence-electron chi connectivity index (χ1n) is 6.44. The zero-order valence-corrected chi connectivity index (χ0v) is 13.1. The molecule has 1 unspecified atom stereocenters. The van der Waals surface area contributed by atoms with Gasteiger partial charge in [0.2, 0.25) is 11.8 Å². The maximum Gasteiger partial charge on any atom is 0.248 e. The molecular weight excluding hydrogens is 294 g/mol. The molecule has 0 bridgehead atoms. The van der Waals surface area contributed by atoms with Gasteiger partial charge in [0.25, 0.3) is 0 Å². The predicted molar refractivity (Wildman–Crippen MR) is 83.6 cm³/mol. The molecule has 0 aliphatic heterocycles. The van der Waals surface area contributed by atoms with Gasteiger partial charge in [-0.05, 0) is 31.2 Å². The molecule has 0 saturated carbocycles. The van der Waals surface area contributed by atoms with Crippen molar-refractivity contribution in [3.8, 4) is 5.75 Å². The van der Waals surface area contributed by atoms with Gasteiger partial charge in [0.05, 0.1) is 13.0 Å². The van der Waals surface area contributed by atoms with E-state index in [1.54, 1.807) is 36.2 Å². The SMILES string of the molecule is CC(CN)N(C)C(=O)CCOc1ccc(C(N)=O)cc1.Cl. The summed E-state index contributed by atoms with van der Waals surface area (Å²) in [6, 6.07) is 6.48. The van der Waals surface area contributed by atoms with Crippen molar-refractivity contribution >= 4 is 24.2 Å². The van der Waals surface area contributed by atoms with Gasteiger partial charge in [-0.1, -0.05) is 0 Å². The summed E-state index contributed by atoms with van der Waals surface area (Å²) >= 11 is 0. The van der Waals surface area contributed by atoms with Gasteiger partial charge in [0.15, 0.2) is 0 Å². The molecule has 1 aromatic carbocycles. The van der Waals surface area contributed by atoms with Crippen LogP contribution in [0.1, 0.15) is 23.7 Å². The lowest BCUT2D eigenvalue weighted by molar-refractivity contribution is -0.132. The lowest BCUT2D eigenvalue weighted by Gasteiger charge is -2.23. The zero-order chi connectivity index (χ0) is 15.1. The van der Waals surface area contributed by atoms with E-state index < -0.39 is 5.91 Å². The van der Waals surface area contributed by atoms with Gasteiger partial charge < -0.3 is 21.1 Å². The van der Waals surface area contributed by atoms with E-state index in [0.717, 1.165) is 0 Å². The Morgan fingerprint density at radius 1 is 1.29 bits per heavy atom. The van der Waals surface area contributed by atoms with Crippen LogP contribution in [0.5, 0.6) is 5.75 Å². The lowest BCUT2D eigenvalue weighted by atomic mass is 10.2. The van der Waals surface area contributed by atoms with Crippen LogP contribution in [0, 0.1) is 0 Å². The predicted octanol–water partition coefficient (Wildman–Crippen LogP) is 0.782. The molecule has 0 saturated heterocycles. The quantitative estimate of drug-likeness (QED) is 0.776. The van der Waals surface area contributed by atoms with Gasteiger partial charge in [0.1, 0.15) is 5.75 Å². The van der Waals surface area contributed by atoms with Crippen LogP contribution < -0.4 is 16.2 Å². The van der Waals surface area contributed by atoms with Gasteiger partial charge in [-0.3, -0.25) is 9.59 Å².